The van der Waals surface area contributed by atoms with E-state index in [-0.39, 0.29) is 18.6 Å². The van der Waals surface area contributed by atoms with Crippen LogP contribution in [-0.4, -0.2) is 40.1 Å². The molecular weight excluding hydrogens is 431 g/mol. The maximum Gasteiger partial charge on any atom is 0.431 e. The third kappa shape index (κ3) is 4.50. The predicted molar refractivity (Wildman–Crippen MR) is 120 cm³/mol. The minimum absolute atomic E-state index is 0.0487. The molecule has 0 unspecified atom stereocenters. The number of likely N-dealkylation sites (tertiary alicyclic amines) is 1. The number of ether oxygens (including phenoxy) is 1. The van der Waals surface area contributed by atoms with Crippen molar-refractivity contribution in [3.63, 3.8) is 0 Å². The van der Waals surface area contributed by atoms with Crippen LogP contribution in [-0.2, 0) is 18.3 Å². The Balaban J connectivity index is 1.55. The highest BCUT2D eigenvalue weighted by atomic mass is 19.4. The van der Waals surface area contributed by atoms with Gasteiger partial charge in [0.15, 0.2) is 0 Å². The summed E-state index contributed by atoms with van der Waals surface area (Å²) in [5.41, 5.74) is 0.459. The second-order valence-electron chi connectivity index (χ2n) is 10.2. The Hall–Kier alpha value is -2.48. The van der Waals surface area contributed by atoms with Crippen molar-refractivity contribution in [2.75, 3.05) is 13.1 Å². The smallest absolute Gasteiger partial charge is 0.431 e. The third-order valence-corrected chi connectivity index (χ3v) is 6.58. The van der Waals surface area contributed by atoms with E-state index in [1.807, 2.05) is 46.8 Å². The summed E-state index contributed by atoms with van der Waals surface area (Å²) in [6, 6.07) is 8.22. The molecule has 2 aromatic rings. The minimum atomic E-state index is -4.40. The fourth-order valence-corrected chi connectivity index (χ4v) is 5.27. The number of benzene rings is 1. The molecule has 1 aromatic heterocycles. The Morgan fingerprint density at radius 1 is 1.12 bits per heavy atom. The molecule has 1 fully saturated rings. The molecule has 33 heavy (non-hydrogen) atoms. The zero-order chi connectivity index (χ0) is 24.2. The number of piperidine rings is 1. The van der Waals surface area contributed by atoms with Crippen molar-refractivity contribution in [3.8, 4) is 5.75 Å². The van der Waals surface area contributed by atoms with Crippen LogP contribution in [0.1, 0.15) is 67.8 Å². The number of aryl methyl sites for hydroxylation is 1. The van der Waals surface area contributed by atoms with Gasteiger partial charge >= 0.3 is 6.18 Å². The van der Waals surface area contributed by atoms with Crippen LogP contribution in [0.25, 0.3) is 0 Å². The predicted octanol–water partition coefficient (Wildman–Crippen LogP) is 5.12. The zero-order valence-corrected chi connectivity index (χ0v) is 19.8. The van der Waals surface area contributed by atoms with Crippen LogP contribution in [0, 0.1) is 6.92 Å². The molecular formula is C25H32F3N3O2. The van der Waals surface area contributed by atoms with Gasteiger partial charge in [-0.1, -0.05) is 0 Å². The molecule has 1 N–H and O–H groups in total. The first-order chi connectivity index (χ1) is 15.3. The van der Waals surface area contributed by atoms with E-state index >= 15 is 0 Å². The molecule has 0 atom stereocenters. The Morgan fingerprint density at radius 2 is 1.79 bits per heavy atom. The number of nitrogens with one attached hydrogen (secondary N) is 1. The quantitative estimate of drug-likeness (QED) is 0.688. The van der Waals surface area contributed by atoms with Crippen molar-refractivity contribution in [1.29, 1.82) is 0 Å². The first-order valence-corrected chi connectivity index (χ1v) is 11.4. The molecule has 8 heteroatoms. The van der Waals surface area contributed by atoms with Crippen LogP contribution in [0.4, 0.5) is 13.2 Å². The Bertz CT molecular complexity index is 1050. The number of halogens is 3. The first kappa shape index (κ1) is 23.7. The number of hydrogen-bond donors (Lipinski definition) is 1. The minimum Gasteiger partial charge on any atom is -0.491 e. The zero-order valence-electron chi connectivity index (χ0n) is 19.8. The number of carbonyl (C=O) groups excluding carboxylic acids is 1. The molecule has 0 saturated carbocycles. The molecule has 5 nitrogen and oxygen atoms in total. The second kappa shape index (κ2) is 8.08. The number of aromatic nitrogens is 1. The highest BCUT2D eigenvalue weighted by molar-refractivity contribution is 5.94. The summed E-state index contributed by atoms with van der Waals surface area (Å²) in [4.78, 5) is 15.0. The average molecular weight is 464 g/mol. The lowest BCUT2D eigenvalue weighted by Crippen LogP contribution is -2.63. The Kier molecular flexibility index (Phi) is 5.79. The summed E-state index contributed by atoms with van der Waals surface area (Å²) in [5, 5.41) is 3.62. The molecule has 4 rings (SSSR count). The van der Waals surface area contributed by atoms with E-state index in [9.17, 15) is 18.0 Å². The van der Waals surface area contributed by atoms with Gasteiger partial charge in [0, 0.05) is 36.4 Å². The molecule has 0 bridgehead atoms. The number of amides is 1. The monoisotopic (exact) mass is 463 g/mol. The van der Waals surface area contributed by atoms with Gasteiger partial charge in [0.2, 0.25) is 0 Å². The normalized spacial score (nSPS) is 19.6. The largest absolute Gasteiger partial charge is 0.491 e. The summed E-state index contributed by atoms with van der Waals surface area (Å²) < 4.78 is 48.0. The fourth-order valence-electron chi connectivity index (χ4n) is 5.27. The highest BCUT2D eigenvalue weighted by Gasteiger charge is 2.48. The average Bonchev–Trinajstić information content (AvgIpc) is 3.13. The molecule has 1 saturated heterocycles. The van der Waals surface area contributed by atoms with Gasteiger partial charge in [-0.05, 0) is 83.4 Å². The van der Waals surface area contributed by atoms with Gasteiger partial charge < -0.3 is 14.2 Å². The van der Waals surface area contributed by atoms with Crippen LogP contribution >= 0.6 is 0 Å². The number of alkyl halides is 3. The van der Waals surface area contributed by atoms with Crippen molar-refractivity contribution < 1.29 is 22.7 Å². The number of nitrogens with zero attached hydrogens (tertiary/aromatic N) is 2. The second-order valence-corrected chi connectivity index (χ2v) is 10.2. The summed E-state index contributed by atoms with van der Waals surface area (Å²) in [6.45, 7) is 10.9. The molecule has 1 amide bonds. The third-order valence-electron chi connectivity index (χ3n) is 6.58. The standard InChI is InChI=1S/C25H32F3N3O2/c1-16(2)33-19-7-6-18(14-17(19)3)22(32)30-12-10-24(11-13-30)20-8-9-21(25(26,27)28)31(20)15-23(4,5)29-24/h6-9,14,16,29H,10-13,15H2,1-5H3. The van der Waals surface area contributed by atoms with Crippen molar-refractivity contribution >= 4 is 5.91 Å². The Labute approximate surface area is 192 Å². The topological polar surface area (TPSA) is 46.5 Å². The summed E-state index contributed by atoms with van der Waals surface area (Å²) in [6.07, 6.45) is -3.24. The van der Waals surface area contributed by atoms with Crippen LogP contribution in [0.2, 0.25) is 0 Å². The fraction of sp³-hybridized carbons (Fsp3) is 0.560. The van der Waals surface area contributed by atoms with E-state index in [0.29, 0.717) is 37.2 Å². The van der Waals surface area contributed by atoms with Gasteiger partial charge in [0.05, 0.1) is 11.6 Å². The van der Waals surface area contributed by atoms with E-state index in [1.54, 1.807) is 17.0 Å². The van der Waals surface area contributed by atoms with Gasteiger partial charge in [-0.15, -0.1) is 0 Å². The maximum absolute atomic E-state index is 13.6. The van der Waals surface area contributed by atoms with Crippen molar-refractivity contribution in [2.24, 2.45) is 0 Å². The number of fused-ring (bicyclic) bond motifs is 2. The number of hydrogen-bond acceptors (Lipinski definition) is 3. The van der Waals surface area contributed by atoms with Gasteiger partial charge in [-0.2, -0.15) is 13.2 Å². The van der Waals surface area contributed by atoms with Crippen molar-refractivity contribution in [3.05, 3.63) is 52.8 Å². The van der Waals surface area contributed by atoms with Gasteiger partial charge in [-0.3, -0.25) is 10.1 Å². The van der Waals surface area contributed by atoms with E-state index in [4.69, 9.17) is 4.74 Å². The first-order valence-electron chi connectivity index (χ1n) is 11.4. The van der Waals surface area contributed by atoms with E-state index in [1.165, 1.54) is 10.6 Å². The molecule has 3 heterocycles. The van der Waals surface area contributed by atoms with Crippen LogP contribution in [0.15, 0.2) is 30.3 Å². The lowest BCUT2D eigenvalue weighted by atomic mass is 9.79. The lowest BCUT2D eigenvalue weighted by molar-refractivity contribution is -0.144. The number of rotatable bonds is 3. The van der Waals surface area contributed by atoms with Gasteiger partial charge in [-0.25, -0.2) is 0 Å². The summed E-state index contributed by atoms with van der Waals surface area (Å²) in [7, 11) is 0. The molecule has 1 spiro atoms. The van der Waals surface area contributed by atoms with Crippen molar-refractivity contribution in [1.82, 2.24) is 14.8 Å². The molecule has 0 aliphatic carbocycles. The van der Waals surface area contributed by atoms with Crippen LogP contribution in [0.3, 0.4) is 0 Å². The van der Waals surface area contributed by atoms with Crippen LogP contribution < -0.4 is 10.1 Å². The highest BCUT2D eigenvalue weighted by Crippen LogP contribution is 2.43. The lowest BCUT2D eigenvalue weighted by Gasteiger charge is -2.51. The summed E-state index contributed by atoms with van der Waals surface area (Å²) >= 11 is 0. The van der Waals surface area contributed by atoms with E-state index in [0.717, 1.165) is 11.3 Å². The van der Waals surface area contributed by atoms with Gasteiger partial charge in [0.1, 0.15) is 11.4 Å². The SMILES string of the molecule is Cc1cc(C(=O)N2CCC3(CC2)NC(C)(C)Cn2c(C(F)(F)F)ccc23)ccc1OC(C)C. The van der Waals surface area contributed by atoms with Crippen molar-refractivity contribution in [2.45, 2.75) is 77.4 Å². The van der Waals surface area contributed by atoms with E-state index < -0.39 is 22.9 Å². The van der Waals surface area contributed by atoms with Crippen LogP contribution in [0.5, 0.6) is 5.75 Å². The van der Waals surface area contributed by atoms with Gasteiger partial charge in [0.25, 0.3) is 5.91 Å². The maximum atomic E-state index is 13.6. The van der Waals surface area contributed by atoms with E-state index in [2.05, 4.69) is 5.32 Å². The molecule has 2 aliphatic rings. The summed E-state index contributed by atoms with van der Waals surface area (Å²) in [5.74, 6) is 0.694. The Morgan fingerprint density at radius 3 is 2.36 bits per heavy atom. The molecule has 0 radical (unpaired) electrons. The molecule has 2 aliphatic heterocycles. The molecule has 180 valence electrons. The number of carbonyl (C=O) groups is 1. The molecule has 1 aromatic carbocycles.